The highest BCUT2D eigenvalue weighted by molar-refractivity contribution is 7.25. The van der Waals surface area contributed by atoms with Crippen LogP contribution in [0.15, 0.2) is 191 Å². The normalized spacial score (nSPS) is 12.6. The van der Waals surface area contributed by atoms with E-state index in [0.717, 1.165) is 79.5 Å². The van der Waals surface area contributed by atoms with Crippen LogP contribution in [-0.2, 0) is 5.41 Å². The van der Waals surface area contributed by atoms with Crippen molar-refractivity contribution in [3.8, 4) is 39.5 Å². The zero-order valence-electron chi connectivity index (χ0n) is 36.7. The third kappa shape index (κ3) is 5.58. The maximum atomic E-state index is 7.00. The standard InChI is InChI=1S/C60H41BN2O2S/c1-60(2,3)36-22-24-37(25-23-36)62-49-33-55-45(39-19-11-13-21-54(39)66-55)28-42(49)40-26-27-41-43-32-53-44(38-18-10-12-20-52(38)64-53)30-50(43)63-51-31-47-46(29-48(51)61-56(40)57(41)63)58(34-14-6-4-7-15-34)65-59(47)35-16-8-5-9-17-35/h4-33,61-62H,1-3H3. The number of para-hydroxylation sites is 1. The van der Waals surface area contributed by atoms with Crippen molar-refractivity contribution in [2.24, 2.45) is 0 Å². The molecule has 66 heavy (non-hydrogen) atoms. The minimum absolute atomic E-state index is 0.0646. The Bertz CT molecular complexity index is 4130. The van der Waals surface area contributed by atoms with Crippen LogP contribution in [0, 0.1) is 0 Å². The Labute approximate surface area is 385 Å². The number of rotatable bonds is 5. The number of thiophene rings is 1. The molecule has 0 amide bonds. The molecule has 0 atom stereocenters. The van der Waals surface area contributed by atoms with Gasteiger partial charge in [-0.1, -0.05) is 154 Å². The van der Waals surface area contributed by atoms with E-state index in [4.69, 9.17) is 8.83 Å². The number of nitrogens with zero attached hydrogens (tertiary/aromatic N) is 1. The molecule has 5 heterocycles. The van der Waals surface area contributed by atoms with Gasteiger partial charge in [-0.3, -0.25) is 0 Å². The minimum atomic E-state index is 0.0646. The Morgan fingerprint density at radius 3 is 1.95 bits per heavy atom. The van der Waals surface area contributed by atoms with Gasteiger partial charge >= 0.3 is 0 Å². The van der Waals surface area contributed by atoms with E-state index in [-0.39, 0.29) is 5.41 Å². The van der Waals surface area contributed by atoms with Crippen LogP contribution < -0.4 is 16.2 Å². The van der Waals surface area contributed by atoms with E-state index in [0.29, 0.717) is 0 Å². The van der Waals surface area contributed by atoms with Gasteiger partial charge in [0.2, 0.25) is 0 Å². The maximum Gasteiger partial charge on any atom is 0.198 e. The molecule has 9 aromatic carbocycles. The van der Waals surface area contributed by atoms with Crippen molar-refractivity contribution in [3.05, 3.63) is 188 Å². The van der Waals surface area contributed by atoms with Gasteiger partial charge in [-0.05, 0) is 76.6 Å². The first-order valence-corrected chi connectivity index (χ1v) is 23.6. The van der Waals surface area contributed by atoms with Gasteiger partial charge in [0, 0.05) is 91.8 Å². The smallest absolute Gasteiger partial charge is 0.198 e. The van der Waals surface area contributed by atoms with Gasteiger partial charge < -0.3 is 18.7 Å². The zero-order chi connectivity index (χ0) is 43.8. The molecule has 0 saturated carbocycles. The summed E-state index contributed by atoms with van der Waals surface area (Å²) in [7, 11) is 0.746. The summed E-state index contributed by atoms with van der Waals surface area (Å²) in [6.07, 6.45) is 0. The van der Waals surface area contributed by atoms with Crippen molar-refractivity contribution in [3.63, 3.8) is 0 Å². The van der Waals surface area contributed by atoms with E-state index in [1.165, 1.54) is 69.8 Å². The summed E-state index contributed by atoms with van der Waals surface area (Å²) in [6.45, 7) is 6.80. The van der Waals surface area contributed by atoms with E-state index in [2.05, 4.69) is 207 Å². The van der Waals surface area contributed by atoms with Crippen molar-refractivity contribution >= 4 is 116 Å². The van der Waals surface area contributed by atoms with Crippen molar-refractivity contribution in [2.75, 3.05) is 5.32 Å². The largest absolute Gasteiger partial charge is 0.456 e. The molecule has 0 saturated heterocycles. The highest BCUT2D eigenvalue weighted by Crippen LogP contribution is 2.46. The fourth-order valence-electron chi connectivity index (χ4n) is 10.7. The minimum Gasteiger partial charge on any atom is -0.456 e. The quantitative estimate of drug-likeness (QED) is 0.175. The Kier molecular flexibility index (Phi) is 7.89. The highest BCUT2D eigenvalue weighted by Gasteiger charge is 2.30. The van der Waals surface area contributed by atoms with Crippen LogP contribution in [0.5, 0.6) is 0 Å². The predicted octanol–water partition coefficient (Wildman–Crippen LogP) is 15.5. The first-order chi connectivity index (χ1) is 32.3. The van der Waals surface area contributed by atoms with E-state index < -0.39 is 0 Å². The van der Waals surface area contributed by atoms with Crippen molar-refractivity contribution in [1.29, 1.82) is 0 Å². The first kappa shape index (κ1) is 37.6. The number of aromatic nitrogens is 1. The van der Waals surface area contributed by atoms with Crippen LogP contribution in [-0.4, -0.2) is 11.8 Å². The molecule has 0 aliphatic carbocycles. The Morgan fingerprint density at radius 1 is 0.500 bits per heavy atom. The van der Waals surface area contributed by atoms with Crippen molar-refractivity contribution in [2.45, 2.75) is 26.2 Å². The summed E-state index contributed by atoms with van der Waals surface area (Å²) < 4.78 is 18.7. The van der Waals surface area contributed by atoms with Crippen LogP contribution in [0.1, 0.15) is 26.3 Å². The second-order valence-electron chi connectivity index (χ2n) is 18.9. The fourth-order valence-corrected chi connectivity index (χ4v) is 11.9. The van der Waals surface area contributed by atoms with Gasteiger partial charge in [0.1, 0.15) is 22.7 Å². The van der Waals surface area contributed by atoms with Crippen LogP contribution >= 0.6 is 11.3 Å². The summed E-state index contributed by atoms with van der Waals surface area (Å²) in [6, 6.07) is 66.2. The average Bonchev–Trinajstić information content (AvgIpc) is 4.10. The van der Waals surface area contributed by atoms with Gasteiger partial charge in [0.25, 0.3) is 0 Å². The average molecular weight is 865 g/mol. The lowest BCUT2D eigenvalue weighted by Gasteiger charge is -2.24. The Balaban J connectivity index is 1.07. The van der Waals surface area contributed by atoms with E-state index in [1.807, 2.05) is 17.4 Å². The molecule has 13 aromatic rings. The lowest BCUT2D eigenvalue weighted by Crippen LogP contribution is -2.37. The SMILES string of the molecule is CC(C)(C)c1ccc(Nc2cc3sc4ccccc4c3cc2-c2ccc3c4cc5oc6ccccc6c5cc4n4c3c2Bc2cc3c(-c5ccccc5)oc(-c5ccccc5)c3cc2-4)cc1. The summed E-state index contributed by atoms with van der Waals surface area (Å²) in [4.78, 5) is 0. The second-order valence-corrected chi connectivity index (χ2v) is 20.0. The van der Waals surface area contributed by atoms with Gasteiger partial charge in [0.15, 0.2) is 7.28 Å². The molecule has 1 aliphatic heterocycles. The monoisotopic (exact) mass is 864 g/mol. The molecule has 0 unspecified atom stereocenters. The molecule has 0 fully saturated rings. The lowest BCUT2D eigenvalue weighted by molar-refractivity contribution is 0.590. The van der Waals surface area contributed by atoms with Gasteiger partial charge in [-0.25, -0.2) is 0 Å². The third-order valence-electron chi connectivity index (χ3n) is 14.0. The summed E-state index contributed by atoms with van der Waals surface area (Å²) in [5, 5.41) is 13.3. The van der Waals surface area contributed by atoms with Crippen LogP contribution in [0.25, 0.3) is 114 Å². The number of fused-ring (bicyclic) bond motifs is 12. The fraction of sp³-hybridized carbons (Fsp3) is 0.0667. The van der Waals surface area contributed by atoms with E-state index in [1.54, 1.807) is 0 Å². The number of benzene rings is 9. The molecule has 0 spiro atoms. The van der Waals surface area contributed by atoms with E-state index in [9.17, 15) is 0 Å². The van der Waals surface area contributed by atoms with Crippen LogP contribution in [0.4, 0.5) is 11.4 Å². The molecule has 0 bridgehead atoms. The summed E-state index contributed by atoms with van der Waals surface area (Å²) >= 11 is 1.86. The molecule has 312 valence electrons. The molecule has 6 heteroatoms. The van der Waals surface area contributed by atoms with Gasteiger partial charge in [0.05, 0.1) is 5.52 Å². The summed E-state index contributed by atoms with van der Waals surface area (Å²) in [5.41, 5.74) is 16.0. The number of hydrogen-bond donors (Lipinski definition) is 1. The molecule has 1 N–H and O–H groups in total. The second kappa shape index (κ2) is 13.9. The molecule has 4 nitrogen and oxygen atoms in total. The number of hydrogen-bond acceptors (Lipinski definition) is 4. The van der Waals surface area contributed by atoms with Crippen LogP contribution in [0.2, 0.25) is 0 Å². The predicted molar refractivity (Wildman–Crippen MR) is 282 cm³/mol. The molecule has 14 rings (SSSR count). The van der Waals surface area contributed by atoms with Gasteiger partial charge in [-0.15, -0.1) is 11.3 Å². The molecule has 0 radical (unpaired) electrons. The topological polar surface area (TPSA) is 43.2 Å². The first-order valence-electron chi connectivity index (χ1n) is 22.8. The Morgan fingerprint density at radius 2 is 1.20 bits per heavy atom. The zero-order valence-corrected chi connectivity index (χ0v) is 37.5. The lowest BCUT2D eigenvalue weighted by atomic mass is 9.58. The van der Waals surface area contributed by atoms with Gasteiger partial charge in [-0.2, -0.15) is 0 Å². The number of nitrogens with one attached hydrogen (secondary N) is 1. The number of anilines is 2. The molecule has 1 aliphatic rings. The number of furan rings is 2. The highest BCUT2D eigenvalue weighted by atomic mass is 32.1. The molecular weight excluding hydrogens is 824 g/mol. The van der Waals surface area contributed by atoms with E-state index >= 15 is 0 Å². The third-order valence-corrected chi connectivity index (χ3v) is 15.1. The Hall–Kier alpha value is -7.80. The molecule has 4 aromatic heterocycles. The maximum absolute atomic E-state index is 7.00. The van der Waals surface area contributed by atoms with Crippen molar-refractivity contribution < 1.29 is 8.83 Å². The van der Waals surface area contributed by atoms with Crippen LogP contribution in [0.3, 0.4) is 0 Å². The summed E-state index contributed by atoms with van der Waals surface area (Å²) in [5.74, 6) is 1.77. The van der Waals surface area contributed by atoms with Crippen molar-refractivity contribution in [1.82, 2.24) is 4.57 Å². The molecular formula is C60H41BN2O2S.